The molecule has 1 aromatic rings. The number of hydrogen-bond acceptors (Lipinski definition) is 3. The van der Waals surface area contributed by atoms with Crippen molar-refractivity contribution in [3.8, 4) is 0 Å². The van der Waals surface area contributed by atoms with Gasteiger partial charge in [-0.1, -0.05) is 28.9 Å². The van der Waals surface area contributed by atoms with E-state index in [0.29, 0.717) is 0 Å². The zero-order valence-electron chi connectivity index (χ0n) is 11.0. The first-order valence-corrected chi connectivity index (χ1v) is 8.31. The molecule has 0 amide bonds. The molecule has 2 unspecified atom stereocenters. The van der Waals surface area contributed by atoms with E-state index in [1.54, 1.807) is 0 Å². The zero-order chi connectivity index (χ0) is 13.1. The second-order valence-corrected chi connectivity index (χ2v) is 7.49. The minimum absolute atomic E-state index is 0.207. The summed E-state index contributed by atoms with van der Waals surface area (Å²) in [5.74, 6) is 1.22. The summed E-state index contributed by atoms with van der Waals surface area (Å²) in [4.78, 5) is 2.47. The van der Waals surface area contributed by atoms with Crippen LogP contribution in [0.15, 0.2) is 22.7 Å². The fourth-order valence-electron chi connectivity index (χ4n) is 2.30. The Kier molecular flexibility index (Phi) is 4.98. The van der Waals surface area contributed by atoms with Crippen LogP contribution < -0.4 is 10.6 Å². The lowest BCUT2D eigenvalue weighted by Gasteiger charge is -2.32. The largest absolute Gasteiger partial charge is 0.370 e. The van der Waals surface area contributed by atoms with Crippen LogP contribution in [0.3, 0.4) is 0 Å². The van der Waals surface area contributed by atoms with Crippen molar-refractivity contribution in [2.75, 3.05) is 23.7 Å². The van der Waals surface area contributed by atoms with Gasteiger partial charge in [-0.2, -0.15) is 11.8 Å². The Balaban J connectivity index is 2.12. The van der Waals surface area contributed by atoms with Gasteiger partial charge in [0, 0.05) is 40.3 Å². The summed E-state index contributed by atoms with van der Waals surface area (Å²) >= 11 is 5.73. The molecule has 2 N–H and O–H groups in total. The molecule has 4 heteroatoms. The third kappa shape index (κ3) is 3.65. The molecule has 0 aliphatic carbocycles. The predicted molar refractivity (Wildman–Crippen MR) is 85.6 cm³/mol. The van der Waals surface area contributed by atoms with E-state index in [1.807, 2.05) is 6.92 Å². The van der Waals surface area contributed by atoms with Crippen LogP contribution in [-0.4, -0.2) is 30.1 Å². The van der Waals surface area contributed by atoms with E-state index in [9.17, 15) is 0 Å². The maximum atomic E-state index is 5.86. The fourth-order valence-corrected chi connectivity index (χ4v) is 3.84. The van der Waals surface area contributed by atoms with Crippen LogP contribution in [0.2, 0.25) is 0 Å². The predicted octanol–water partition coefficient (Wildman–Crippen LogP) is 3.28. The zero-order valence-corrected chi connectivity index (χ0v) is 13.4. The minimum Gasteiger partial charge on any atom is -0.370 e. The molecule has 1 saturated heterocycles. The number of benzene rings is 1. The van der Waals surface area contributed by atoms with Gasteiger partial charge in [0.05, 0.1) is 0 Å². The Morgan fingerprint density at radius 3 is 2.94 bits per heavy atom. The quantitative estimate of drug-likeness (QED) is 0.923. The Morgan fingerprint density at radius 2 is 2.33 bits per heavy atom. The summed E-state index contributed by atoms with van der Waals surface area (Å²) in [6, 6.07) is 6.87. The molecule has 1 aliphatic rings. The Morgan fingerprint density at radius 1 is 1.56 bits per heavy atom. The highest BCUT2D eigenvalue weighted by atomic mass is 79.9. The monoisotopic (exact) mass is 328 g/mol. The van der Waals surface area contributed by atoms with Crippen LogP contribution in [0.25, 0.3) is 0 Å². The molecule has 0 saturated carbocycles. The summed E-state index contributed by atoms with van der Waals surface area (Å²) < 4.78 is 1.18. The van der Waals surface area contributed by atoms with E-state index in [1.165, 1.54) is 21.5 Å². The van der Waals surface area contributed by atoms with Crippen molar-refractivity contribution in [3.63, 3.8) is 0 Å². The van der Waals surface area contributed by atoms with Gasteiger partial charge in [-0.15, -0.1) is 0 Å². The molecule has 0 bridgehead atoms. The Labute approximate surface area is 122 Å². The second-order valence-electron chi connectivity index (χ2n) is 5.08. The molecular weight excluding hydrogens is 308 g/mol. The lowest BCUT2D eigenvalue weighted by molar-refractivity contribution is 0.735. The average molecular weight is 329 g/mol. The van der Waals surface area contributed by atoms with Crippen LogP contribution >= 0.6 is 27.7 Å². The van der Waals surface area contributed by atoms with Crippen LogP contribution in [-0.2, 0) is 6.42 Å². The summed E-state index contributed by atoms with van der Waals surface area (Å²) in [5.41, 5.74) is 8.48. The van der Waals surface area contributed by atoms with Crippen LogP contribution in [0.4, 0.5) is 5.69 Å². The molecule has 1 aliphatic heterocycles. The van der Waals surface area contributed by atoms with Gasteiger partial charge in [-0.25, -0.2) is 0 Å². The highest BCUT2D eigenvalue weighted by molar-refractivity contribution is 9.10. The molecule has 100 valence electrons. The SMILES string of the molecule is CC(N)Cc1ccc(N2CCSC(C)C2)cc1Br. The molecule has 0 radical (unpaired) electrons. The maximum Gasteiger partial charge on any atom is 0.0378 e. The molecule has 2 nitrogen and oxygen atoms in total. The van der Waals surface area contributed by atoms with Gasteiger partial charge in [0.2, 0.25) is 0 Å². The van der Waals surface area contributed by atoms with Crippen molar-refractivity contribution in [2.45, 2.75) is 31.6 Å². The van der Waals surface area contributed by atoms with Crippen molar-refractivity contribution in [1.29, 1.82) is 0 Å². The van der Waals surface area contributed by atoms with Crippen molar-refractivity contribution < 1.29 is 0 Å². The van der Waals surface area contributed by atoms with E-state index in [0.717, 1.165) is 24.8 Å². The van der Waals surface area contributed by atoms with E-state index < -0.39 is 0 Å². The van der Waals surface area contributed by atoms with Crippen molar-refractivity contribution in [1.82, 2.24) is 0 Å². The Bertz CT molecular complexity index is 409. The fraction of sp³-hybridized carbons (Fsp3) is 0.571. The first-order valence-electron chi connectivity index (χ1n) is 6.47. The van der Waals surface area contributed by atoms with Gasteiger partial charge >= 0.3 is 0 Å². The number of hydrogen-bond donors (Lipinski definition) is 1. The highest BCUT2D eigenvalue weighted by Crippen LogP contribution is 2.28. The minimum atomic E-state index is 0.207. The highest BCUT2D eigenvalue weighted by Gasteiger charge is 2.17. The van der Waals surface area contributed by atoms with E-state index in [2.05, 4.69) is 57.7 Å². The topological polar surface area (TPSA) is 29.3 Å². The summed E-state index contributed by atoms with van der Waals surface area (Å²) in [7, 11) is 0. The van der Waals surface area contributed by atoms with Crippen LogP contribution in [0.1, 0.15) is 19.4 Å². The summed E-state index contributed by atoms with van der Waals surface area (Å²) in [5, 5.41) is 0.723. The summed E-state index contributed by atoms with van der Waals surface area (Å²) in [6.07, 6.45) is 0.924. The first-order chi connectivity index (χ1) is 8.56. The van der Waals surface area contributed by atoms with E-state index in [4.69, 9.17) is 5.73 Å². The van der Waals surface area contributed by atoms with Crippen molar-refractivity contribution >= 4 is 33.4 Å². The second kappa shape index (κ2) is 6.31. The third-order valence-corrected chi connectivity index (χ3v) is 5.06. The molecule has 0 spiro atoms. The lowest BCUT2D eigenvalue weighted by atomic mass is 10.1. The number of nitrogens with two attached hydrogens (primary N) is 1. The molecule has 2 rings (SSSR count). The normalized spacial score (nSPS) is 22.0. The molecule has 0 aromatic heterocycles. The van der Waals surface area contributed by atoms with Gasteiger partial charge < -0.3 is 10.6 Å². The van der Waals surface area contributed by atoms with Crippen LogP contribution in [0, 0.1) is 0 Å². The molecule has 2 atom stereocenters. The van der Waals surface area contributed by atoms with Crippen LogP contribution in [0.5, 0.6) is 0 Å². The molecule has 1 heterocycles. The lowest BCUT2D eigenvalue weighted by Crippen LogP contribution is -2.36. The van der Waals surface area contributed by atoms with Gasteiger partial charge in [-0.05, 0) is 31.0 Å². The van der Waals surface area contributed by atoms with E-state index in [-0.39, 0.29) is 6.04 Å². The van der Waals surface area contributed by atoms with E-state index >= 15 is 0 Å². The van der Waals surface area contributed by atoms with Crippen molar-refractivity contribution in [2.24, 2.45) is 5.73 Å². The van der Waals surface area contributed by atoms with Gasteiger partial charge in [0.1, 0.15) is 0 Å². The molecule has 1 fully saturated rings. The average Bonchev–Trinajstić information content (AvgIpc) is 2.31. The maximum absolute atomic E-state index is 5.86. The number of anilines is 1. The van der Waals surface area contributed by atoms with Crippen molar-refractivity contribution in [3.05, 3.63) is 28.2 Å². The third-order valence-electron chi connectivity index (χ3n) is 3.18. The number of thioether (sulfide) groups is 1. The summed E-state index contributed by atoms with van der Waals surface area (Å²) in [6.45, 7) is 6.64. The first kappa shape index (κ1) is 14.2. The van der Waals surface area contributed by atoms with Gasteiger partial charge in [0.15, 0.2) is 0 Å². The smallest absolute Gasteiger partial charge is 0.0378 e. The van der Waals surface area contributed by atoms with Gasteiger partial charge in [-0.3, -0.25) is 0 Å². The van der Waals surface area contributed by atoms with Gasteiger partial charge in [0.25, 0.3) is 0 Å². The standard InChI is InChI=1S/C14H21BrN2S/c1-10(16)7-12-3-4-13(8-14(12)15)17-5-6-18-11(2)9-17/h3-4,8,10-11H,5-7,9,16H2,1-2H3. The molecular formula is C14H21BrN2S. The molecule has 18 heavy (non-hydrogen) atoms. The molecule has 1 aromatic carbocycles. The Hall–Kier alpha value is -0.190. The number of rotatable bonds is 3. The number of halogens is 1. The number of nitrogens with zero attached hydrogens (tertiary/aromatic N) is 1.